The number of rotatable bonds is 9. The molecule has 1 atom stereocenters. The molecule has 1 saturated heterocycles. The minimum absolute atomic E-state index is 0.133. The average Bonchev–Trinajstić information content (AvgIpc) is 2.96. The van der Waals surface area contributed by atoms with Crippen molar-refractivity contribution in [3.05, 3.63) is 101 Å². The van der Waals surface area contributed by atoms with Gasteiger partial charge in [0.15, 0.2) is 11.6 Å². The summed E-state index contributed by atoms with van der Waals surface area (Å²) in [4.78, 5) is 28.3. The maximum absolute atomic E-state index is 13.6. The summed E-state index contributed by atoms with van der Waals surface area (Å²) < 4.78 is 43.3. The second-order valence-corrected chi connectivity index (χ2v) is 8.99. The van der Waals surface area contributed by atoms with Gasteiger partial charge in [0.25, 0.3) is 5.91 Å². The van der Waals surface area contributed by atoms with Crippen LogP contribution in [0.25, 0.3) is 0 Å². The zero-order valence-electron chi connectivity index (χ0n) is 21.4. The zero-order valence-corrected chi connectivity index (χ0v) is 21.4. The van der Waals surface area contributed by atoms with E-state index in [1.54, 1.807) is 24.1 Å². The molecule has 1 unspecified atom stereocenters. The lowest BCUT2D eigenvalue weighted by Crippen LogP contribution is -2.49. The standard InChI is InChI=1S/C29H30F2N2O5/c1-36-24-5-3-4-22(16-24)27(38-19-20-6-8-21(9-7-20)29(35)37-2)18-32-12-14-33(15-13-32)28(34)23-10-11-25(30)26(31)17-23/h3-11,16-17,27H,12-15,18-19H2,1-2H3. The second kappa shape index (κ2) is 12.6. The van der Waals surface area contributed by atoms with E-state index >= 15 is 0 Å². The fourth-order valence-electron chi connectivity index (χ4n) is 4.33. The molecule has 1 aliphatic rings. The molecule has 0 bridgehead atoms. The normalized spacial score (nSPS) is 14.7. The molecule has 1 heterocycles. The molecule has 200 valence electrons. The smallest absolute Gasteiger partial charge is 0.337 e. The van der Waals surface area contributed by atoms with Crippen molar-refractivity contribution in [2.75, 3.05) is 46.9 Å². The van der Waals surface area contributed by atoms with Crippen LogP contribution in [0.1, 0.15) is 37.9 Å². The lowest BCUT2D eigenvalue weighted by Gasteiger charge is -2.36. The van der Waals surface area contributed by atoms with E-state index in [1.807, 2.05) is 36.4 Å². The molecule has 1 amide bonds. The summed E-state index contributed by atoms with van der Waals surface area (Å²) in [6.45, 7) is 3.04. The number of amides is 1. The SMILES string of the molecule is COC(=O)c1ccc(COC(CN2CCN(C(=O)c3ccc(F)c(F)c3)CC2)c2cccc(OC)c2)cc1. The van der Waals surface area contributed by atoms with Crippen molar-refractivity contribution in [1.82, 2.24) is 9.80 Å². The van der Waals surface area contributed by atoms with E-state index in [0.29, 0.717) is 44.9 Å². The molecule has 3 aromatic rings. The number of carbonyl (C=O) groups excluding carboxylic acids is 2. The summed E-state index contributed by atoms with van der Waals surface area (Å²) in [6, 6.07) is 18.0. The minimum atomic E-state index is -1.03. The van der Waals surface area contributed by atoms with Crippen molar-refractivity contribution >= 4 is 11.9 Å². The largest absolute Gasteiger partial charge is 0.497 e. The van der Waals surface area contributed by atoms with Gasteiger partial charge in [-0.1, -0.05) is 24.3 Å². The van der Waals surface area contributed by atoms with E-state index < -0.39 is 17.6 Å². The van der Waals surface area contributed by atoms with Crippen LogP contribution in [-0.4, -0.2) is 68.6 Å². The fraction of sp³-hybridized carbons (Fsp3) is 0.310. The van der Waals surface area contributed by atoms with Crippen LogP contribution in [0.15, 0.2) is 66.7 Å². The number of methoxy groups -OCH3 is 2. The molecule has 3 aromatic carbocycles. The Morgan fingerprint density at radius 3 is 2.24 bits per heavy atom. The van der Waals surface area contributed by atoms with E-state index in [1.165, 1.54) is 13.2 Å². The number of carbonyl (C=O) groups is 2. The lowest BCUT2D eigenvalue weighted by molar-refractivity contribution is 0.00331. The maximum atomic E-state index is 13.6. The van der Waals surface area contributed by atoms with Crippen LogP contribution < -0.4 is 4.74 Å². The topological polar surface area (TPSA) is 68.3 Å². The summed E-state index contributed by atoms with van der Waals surface area (Å²) in [6.07, 6.45) is -0.279. The number of ether oxygens (including phenoxy) is 3. The van der Waals surface area contributed by atoms with Gasteiger partial charge in [0.2, 0.25) is 0 Å². The Labute approximate surface area is 220 Å². The van der Waals surface area contributed by atoms with Crippen molar-refractivity contribution in [3.8, 4) is 5.75 Å². The first-order valence-corrected chi connectivity index (χ1v) is 12.3. The molecule has 9 heteroatoms. The maximum Gasteiger partial charge on any atom is 0.337 e. The zero-order chi connectivity index (χ0) is 27.1. The van der Waals surface area contributed by atoms with Crippen LogP contribution in [0.2, 0.25) is 0 Å². The lowest BCUT2D eigenvalue weighted by atomic mass is 10.1. The van der Waals surface area contributed by atoms with Crippen molar-refractivity contribution < 1.29 is 32.6 Å². The van der Waals surface area contributed by atoms with Crippen molar-refractivity contribution in [3.63, 3.8) is 0 Å². The Morgan fingerprint density at radius 2 is 1.58 bits per heavy atom. The number of piperazine rings is 1. The van der Waals surface area contributed by atoms with E-state index in [-0.39, 0.29) is 17.6 Å². The van der Waals surface area contributed by atoms with Crippen molar-refractivity contribution in [1.29, 1.82) is 0 Å². The van der Waals surface area contributed by atoms with Gasteiger partial charge in [-0.15, -0.1) is 0 Å². The number of hydrogen-bond acceptors (Lipinski definition) is 6. The Bertz CT molecular complexity index is 1260. The summed E-state index contributed by atoms with van der Waals surface area (Å²) in [7, 11) is 2.96. The molecule has 7 nitrogen and oxygen atoms in total. The third kappa shape index (κ3) is 6.73. The molecule has 0 N–H and O–H groups in total. The first kappa shape index (κ1) is 27.2. The van der Waals surface area contributed by atoms with Gasteiger partial charge in [-0.3, -0.25) is 9.69 Å². The van der Waals surface area contributed by atoms with Crippen LogP contribution in [0.5, 0.6) is 5.75 Å². The van der Waals surface area contributed by atoms with Gasteiger partial charge < -0.3 is 19.1 Å². The molecule has 38 heavy (non-hydrogen) atoms. The average molecular weight is 525 g/mol. The van der Waals surface area contributed by atoms with Gasteiger partial charge in [0.05, 0.1) is 32.5 Å². The van der Waals surface area contributed by atoms with Crippen LogP contribution in [-0.2, 0) is 16.1 Å². The highest BCUT2D eigenvalue weighted by atomic mass is 19.2. The minimum Gasteiger partial charge on any atom is -0.497 e. The van der Waals surface area contributed by atoms with E-state index in [0.717, 1.165) is 29.0 Å². The number of esters is 1. The molecule has 0 radical (unpaired) electrons. The molecule has 1 fully saturated rings. The first-order chi connectivity index (χ1) is 18.4. The molecule has 0 aromatic heterocycles. The fourth-order valence-corrected chi connectivity index (χ4v) is 4.33. The van der Waals surface area contributed by atoms with Crippen molar-refractivity contribution in [2.24, 2.45) is 0 Å². The third-order valence-electron chi connectivity index (χ3n) is 6.54. The Hall–Kier alpha value is -3.82. The molecule has 0 aliphatic carbocycles. The molecule has 0 saturated carbocycles. The molecular formula is C29H30F2N2O5. The van der Waals surface area contributed by atoms with Crippen LogP contribution >= 0.6 is 0 Å². The van der Waals surface area contributed by atoms with Crippen LogP contribution in [0.3, 0.4) is 0 Å². The number of benzene rings is 3. The summed E-state index contributed by atoms with van der Waals surface area (Å²) in [5.41, 5.74) is 2.47. The number of nitrogens with zero attached hydrogens (tertiary/aromatic N) is 2. The Balaban J connectivity index is 1.40. The molecular weight excluding hydrogens is 494 g/mol. The van der Waals surface area contributed by atoms with E-state index in [9.17, 15) is 18.4 Å². The van der Waals surface area contributed by atoms with E-state index in [4.69, 9.17) is 14.2 Å². The molecule has 0 spiro atoms. The van der Waals surface area contributed by atoms with E-state index in [2.05, 4.69) is 4.90 Å². The Kier molecular flexibility index (Phi) is 9.04. The van der Waals surface area contributed by atoms with Crippen LogP contribution in [0.4, 0.5) is 8.78 Å². The predicted octanol–water partition coefficient (Wildman–Crippen LogP) is 4.48. The first-order valence-electron chi connectivity index (χ1n) is 12.3. The van der Waals surface area contributed by atoms with Gasteiger partial charge >= 0.3 is 5.97 Å². The highest BCUT2D eigenvalue weighted by molar-refractivity contribution is 5.94. The highest BCUT2D eigenvalue weighted by Crippen LogP contribution is 2.25. The van der Waals surface area contributed by atoms with Gasteiger partial charge in [0.1, 0.15) is 5.75 Å². The quantitative estimate of drug-likeness (QED) is 0.385. The Morgan fingerprint density at radius 1 is 0.868 bits per heavy atom. The third-order valence-corrected chi connectivity index (χ3v) is 6.54. The highest BCUT2D eigenvalue weighted by Gasteiger charge is 2.25. The van der Waals surface area contributed by atoms with Gasteiger partial charge in [-0.2, -0.15) is 0 Å². The van der Waals surface area contributed by atoms with Crippen LogP contribution in [0, 0.1) is 11.6 Å². The second-order valence-electron chi connectivity index (χ2n) is 8.99. The number of hydrogen-bond donors (Lipinski definition) is 0. The number of halogens is 2. The van der Waals surface area contributed by atoms with Gasteiger partial charge in [-0.25, -0.2) is 13.6 Å². The summed E-state index contributed by atoms with van der Waals surface area (Å²) in [5, 5.41) is 0. The van der Waals surface area contributed by atoms with Gasteiger partial charge in [-0.05, 0) is 53.6 Å². The monoisotopic (exact) mass is 524 g/mol. The molecule has 1 aliphatic heterocycles. The van der Waals surface area contributed by atoms with Gasteiger partial charge in [0, 0.05) is 38.3 Å². The molecule has 4 rings (SSSR count). The summed E-state index contributed by atoms with van der Waals surface area (Å²) in [5.74, 6) is -2.00. The predicted molar refractivity (Wildman–Crippen MR) is 137 cm³/mol. The van der Waals surface area contributed by atoms with Crippen molar-refractivity contribution in [2.45, 2.75) is 12.7 Å². The summed E-state index contributed by atoms with van der Waals surface area (Å²) >= 11 is 0.